The smallest absolute Gasteiger partial charge is 0.208 e. The minimum atomic E-state index is 0.286. The van der Waals surface area contributed by atoms with Crippen molar-refractivity contribution in [2.24, 2.45) is 11.8 Å². The monoisotopic (exact) mass is 282 g/mol. The van der Waals surface area contributed by atoms with Crippen LogP contribution in [0.15, 0.2) is 5.51 Å². The van der Waals surface area contributed by atoms with Gasteiger partial charge in [-0.2, -0.15) is 0 Å². The van der Waals surface area contributed by atoms with E-state index < -0.39 is 0 Å². The van der Waals surface area contributed by atoms with Gasteiger partial charge in [-0.15, -0.1) is 10.2 Å². The van der Waals surface area contributed by atoms with Crippen molar-refractivity contribution in [2.75, 3.05) is 44.2 Å². The number of aliphatic hydroxyl groups excluding tert-OH is 1. The van der Waals surface area contributed by atoms with Crippen LogP contribution in [-0.2, 0) is 0 Å². The molecule has 0 aromatic carbocycles. The van der Waals surface area contributed by atoms with E-state index in [-0.39, 0.29) is 6.61 Å². The summed E-state index contributed by atoms with van der Waals surface area (Å²) < 4.78 is 0. The zero-order valence-corrected chi connectivity index (χ0v) is 12.1. The third kappa shape index (κ3) is 3.07. The van der Waals surface area contributed by atoms with Gasteiger partial charge in [-0.25, -0.2) is 0 Å². The van der Waals surface area contributed by atoms with Gasteiger partial charge in [0.05, 0.1) is 0 Å². The van der Waals surface area contributed by atoms with Crippen LogP contribution in [0.4, 0.5) is 5.13 Å². The van der Waals surface area contributed by atoms with Crippen molar-refractivity contribution in [2.45, 2.75) is 19.3 Å². The van der Waals surface area contributed by atoms with Crippen molar-refractivity contribution in [3.8, 4) is 0 Å². The fourth-order valence-electron chi connectivity index (χ4n) is 3.29. The highest BCUT2D eigenvalue weighted by molar-refractivity contribution is 7.13. The largest absolute Gasteiger partial charge is 0.396 e. The summed E-state index contributed by atoms with van der Waals surface area (Å²) in [5.41, 5.74) is 1.78. The van der Waals surface area contributed by atoms with Gasteiger partial charge < -0.3 is 14.9 Å². The minimum Gasteiger partial charge on any atom is -0.396 e. The molecule has 5 nitrogen and oxygen atoms in total. The molecule has 6 heteroatoms. The molecule has 0 amide bonds. The molecule has 0 saturated carbocycles. The molecule has 3 heterocycles. The van der Waals surface area contributed by atoms with Crippen molar-refractivity contribution in [3.05, 3.63) is 5.51 Å². The van der Waals surface area contributed by atoms with Gasteiger partial charge in [-0.05, 0) is 31.8 Å². The van der Waals surface area contributed by atoms with Crippen molar-refractivity contribution >= 4 is 16.5 Å². The number of likely N-dealkylation sites (tertiary alicyclic amines) is 1. The molecule has 106 valence electrons. The molecule has 2 fully saturated rings. The molecule has 0 bridgehead atoms. The Hall–Kier alpha value is -0.720. The summed E-state index contributed by atoms with van der Waals surface area (Å²) in [5, 5.41) is 18.7. The Morgan fingerprint density at radius 3 is 2.68 bits per heavy atom. The molecule has 1 aromatic rings. The van der Waals surface area contributed by atoms with Gasteiger partial charge in [0.2, 0.25) is 5.13 Å². The number of anilines is 1. The molecule has 19 heavy (non-hydrogen) atoms. The van der Waals surface area contributed by atoms with Gasteiger partial charge in [0.25, 0.3) is 0 Å². The summed E-state index contributed by atoms with van der Waals surface area (Å²) in [6, 6.07) is 0. The lowest BCUT2D eigenvalue weighted by Gasteiger charge is -2.30. The van der Waals surface area contributed by atoms with Gasteiger partial charge in [0.1, 0.15) is 5.51 Å². The molecular formula is C13H22N4OS. The number of aliphatic hydroxyl groups is 1. The van der Waals surface area contributed by atoms with E-state index in [1.807, 2.05) is 0 Å². The summed E-state index contributed by atoms with van der Waals surface area (Å²) in [4.78, 5) is 4.85. The van der Waals surface area contributed by atoms with Crippen molar-refractivity contribution < 1.29 is 5.11 Å². The van der Waals surface area contributed by atoms with Crippen LogP contribution in [0, 0.1) is 11.8 Å². The average molecular weight is 282 g/mol. The van der Waals surface area contributed by atoms with Crippen LogP contribution in [0.25, 0.3) is 0 Å². The van der Waals surface area contributed by atoms with Gasteiger partial charge in [0.15, 0.2) is 0 Å². The van der Waals surface area contributed by atoms with E-state index in [1.165, 1.54) is 32.4 Å². The van der Waals surface area contributed by atoms with E-state index in [2.05, 4.69) is 20.0 Å². The second-order valence-corrected chi connectivity index (χ2v) is 6.50. The second kappa shape index (κ2) is 6.15. The highest BCUT2D eigenvalue weighted by atomic mass is 32.1. The van der Waals surface area contributed by atoms with Crippen LogP contribution >= 0.6 is 11.3 Å². The first-order valence-electron chi connectivity index (χ1n) is 7.21. The molecule has 0 radical (unpaired) electrons. The van der Waals surface area contributed by atoms with Gasteiger partial charge in [0, 0.05) is 32.2 Å². The molecule has 3 rings (SSSR count). The summed E-state index contributed by atoms with van der Waals surface area (Å²) >= 11 is 1.59. The zero-order chi connectivity index (χ0) is 13.1. The maximum absolute atomic E-state index is 9.60. The van der Waals surface area contributed by atoms with Crippen LogP contribution in [0.1, 0.15) is 19.3 Å². The Bertz CT molecular complexity index is 380. The lowest BCUT2D eigenvalue weighted by atomic mass is 9.95. The predicted molar refractivity (Wildman–Crippen MR) is 76.5 cm³/mol. The fraction of sp³-hybridized carbons (Fsp3) is 0.846. The molecule has 0 spiro atoms. The summed E-state index contributed by atoms with van der Waals surface area (Å²) in [7, 11) is 0. The third-order valence-corrected chi connectivity index (χ3v) is 5.12. The maximum atomic E-state index is 9.60. The molecule has 2 saturated heterocycles. The Labute approximate surface area is 118 Å². The van der Waals surface area contributed by atoms with Crippen molar-refractivity contribution in [1.82, 2.24) is 15.1 Å². The first-order chi connectivity index (χ1) is 9.36. The van der Waals surface area contributed by atoms with Gasteiger partial charge >= 0.3 is 0 Å². The van der Waals surface area contributed by atoms with Crippen molar-refractivity contribution in [3.63, 3.8) is 0 Å². The van der Waals surface area contributed by atoms with Crippen LogP contribution in [0.2, 0.25) is 0 Å². The number of rotatable bonds is 4. The second-order valence-electron chi connectivity index (χ2n) is 5.69. The summed E-state index contributed by atoms with van der Waals surface area (Å²) in [5.74, 6) is 0.942. The fourth-order valence-corrected chi connectivity index (χ4v) is 3.87. The highest BCUT2D eigenvalue weighted by Gasteiger charge is 2.34. The lowest BCUT2D eigenvalue weighted by molar-refractivity contribution is 0.149. The van der Waals surface area contributed by atoms with Crippen LogP contribution < -0.4 is 4.90 Å². The third-order valence-electron chi connectivity index (χ3n) is 4.37. The standard InChI is InChI=1S/C13H22N4OS/c18-9-12-8-17(13-15-14-10-19-13)7-11(12)6-16-4-2-1-3-5-16/h10-12,18H,1-9H2/t11-,12-/m1/s1. The van der Waals surface area contributed by atoms with Crippen LogP contribution in [-0.4, -0.2) is 59.5 Å². The summed E-state index contributed by atoms with van der Waals surface area (Å²) in [6.07, 6.45) is 4.04. The molecule has 2 aliphatic heterocycles. The molecule has 0 aliphatic carbocycles. The van der Waals surface area contributed by atoms with E-state index in [9.17, 15) is 5.11 Å². The van der Waals surface area contributed by atoms with E-state index in [0.717, 1.165) is 24.8 Å². The zero-order valence-electron chi connectivity index (χ0n) is 11.2. The molecule has 0 unspecified atom stereocenters. The van der Waals surface area contributed by atoms with E-state index in [1.54, 1.807) is 16.8 Å². The molecule has 1 aromatic heterocycles. The SMILES string of the molecule is OC[C@H]1CN(c2nncs2)C[C@H]1CN1CCCCC1. The maximum Gasteiger partial charge on any atom is 0.208 e. The van der Waals surface area contributed by atoms with Gasteiger partial charge in [-0.3, -0.25) is 0 Å². The molecule has 2 aliphatic rings. The number of nitrogens with zero attached hydrogens (tertiary/aromatic N) is 4. The number of hydrogen-bond donors (Lipinski definition) is 1. The molecular weight excluding hydrogens is 260 g/mol. The van der Waals surface area contributed by atoms with E-state index >= 15 is 0 Å². The van der Waals surface area contributed by atoms with Crippen molar-refractivity contribution in [1.29, 1.82) is 0 Å². The van der Waals surface area contributed by atoms with Crippen LogP contribution in [0.5, 0.6) is 0 Å². The Morgan fingerprint density at radius 1 is 1.21 bits per heavy atom. The minimum absolute atomic E-state index is 0.286. The van der Waals surface area contributed by atoms with E-state index in [4.69, 9.17) is 0 Å². The Morgan fingerprint density at radius 2 is 2.00 bits per heavy atom. The number of aromatic nitrogens is 2. The predicted octanol–water partition coefficient (Wildman–Crippen LogP) is 1.07. The molecule has 1 N–H and O–H groups in total. The van der Waals surface area contributed by atoms with E-state index in [0.29, 0.717) is 11.8 Å². The lowest BCUT2D eigenvalue weighted by Crippen LogP contribution is -2.37. The summed E-state index contributed by atoms with van der Waals surface area (Å²) in [6.45, 7) is 5.80. The highest BCUT2D eigenvalue weighted by Crippen LogP contribution is 2.30. The van der Waals surface area contributed by atoms with Crippen LogP contribution in [0.3, 0.4) is 0 Å². The Kier molecular flexibility index (Phi) is 4.30. The number of piperidine rings is 1. The topological polar surface area (TPSA) is 52.5 Å². The average Bonchev–Trinajstić information content (AvgIpc) is 3.08. The number of hydrogen-bond acceptors (Lipinski definition) is 6. The normalized spacial score (nSPS) is 29.0. The quantitative estimate of drug-likeness (QED) is 0.895. The van der Waals surface area contributed by atoms with Gasteiger partial charge in [-0.1, -0.05) is 17.8 Å². The Balaban J connectivity index is 1.60. The first kappa shape index (κ1) is 13.3. The first-order valence-corrected chi connectivity index (χ1v) is 8.09. The molecule has 2 atom stereocenters.